The summed E-state index contributed by atoms with van der Waals surface area (Å²) < 4.78 is 7.21. The largest absolute Gasteiger partial charge is 0.444 e. The van der Waals surface area contributed by atoms with Gasteiger partial charge in [0, 0.05) is 55.7 Å². The van der Waals surface area contributed by atoms with Gasteiger partial charge in [0.15, 0.2) is 0 Å². The number of primary amides is 1. The van der Waals surface area contributed by atoms with Crippen molar-refractivity contribution >= 4 is 29.0 Å². The van der Waals surface area contributed by atoms with E-state index in [-0.39, 0.29) is 12.1 Å². The lowest BCUT2D eigenvalue weighted by Crippen LogP contribution is -2.50. The number of carbonyl (C=O) groups is 2. The molecule has 1 aliphatic rings. The first-order chi connectivity index (χ1) is 16.5. The third kappa shape index (κ3) is 5.47. The maximum absolute atomic E-state index is 12.3. The summed E-state index contributed by atoms with van der Waals surface area (Å²) in [6.07, 6.45) is 4.94. The van der Waals surface area contributed by atoms with E-state index in [2.05, 4.69) is 20.3 Å². The SMILES string of the molecule is CC(C)Nc1c(C(N)=O)cnn2cc(-c3ccc(N4CCN(C(=O)OC(C)(C)C)CC4)nc3)cc12. The Morgan fingerprint density at radius 3 is 2.37 bits per heavy atom. The highest BCUT2D eigenvalue weighted by molar-refractivity contribution is 6.02. The zero-order chi connectivity index (χ0) is 25.3. The van der Waals surface area contributed by atoms with Gasteiger partial charge in [-0.1, -0.05) is 0 Å². The Balaban J connectivity index is 1.50. The Bertz CT molecular complexity index is 1220. The molecule has 3 aromatic heterocycles. The summed E-state index contributed by atoms with van der Waals surface area (Å²) in [7, 11) is 0. The Morgan fingerprint density at radius 2 is 1.80 bits per heavy atom. The van der Waals surface area contributed by atoms with Crippen LogP contribution in [0.25, 0.3) is 16.6 Å². The van der Waals surface area contributed by atoms with Gasteiger partial charge in [-0.05, 0) is 52.8 Å². The second-order valence-corrected chi connectivity index (χ2v) is 10.0. The molecule has 1 fully saturated rings. The van der Waals surface area contributed by atoms with E-state index in [1.165, 1.54) is 6.20 Å². The molecule has 0 bridgehead atoms. The molecule has 4 rings (SSSR count). The first kappa shape index (κ1) is 24.3. The molecule has 3 aromatic rings. The Kier molecular flexibility index (Phi) is 6.56. The van der Waals surface area contributed by atoms with Crippen LogP contribution in [0.15, 0.2) is 36.8 Å². The fourth-order valence-corrected chi connectivity index (χ4v) is 4.03. The number of ether oxygens (including phenoxy) is 1. The summed E-state index contributed by atoms with van der Waals surface area (Å²) in [5.41, 5.74) is 8.72. The van der Waals surface area contributed by atoms with Gasteiger partial charge in [0.2, 0.25) is 0 Å². The van der Waals surface area contributed by atoms with E-state index >= 15 is 0 Å². The molecule has 10 nitrogen and oxygen atoms in total. The second kappa shape index (κ2) is 9.44. The summed E-state index contributed by atoms with van der Waals surface area (Å²) in [6.45, 7) is 12.2. The molecule has 0 spiro atoms. The molecule has 35 heavy (non-hydrogen) atoms. The van der Waals surface area contributed by atoms with Crippen molar-refractivity contribution in [3.63, 3.8) is 0 Å². The second-order valence-electron chi connectivity index (χ2n) is 10.0. The molecule has 10 heteroatoms. The summed E-state index contributed by atoms with van der Waals surface area (Å²) in [5.74, 6) is 0.335. The molecule has 2 amide bonds. The van der Waals surface area contributed by atoms with E-state index in [0.29, 0.717) is 37.4 Å². The van der Waals surface area contributed by atoms with E-state index < -0.39 is 11.5 Å². The van der Waals surface area contributed by atoms with E-state index in [4.69, 9.17) is 10.5 Å². The smallest absolute Gasteiger partial charge is 0.410 e. The Hall–Kier alpha value is -3.82. The van der Waals surface area contributed by atoms with Crippen LogP contribution in [0.4, 0.5) is 16.3 Å². The number of hydrogen-bond donors (Lipinski definition) is 2. The molecular formula is C25H33N7O3. The molecule has 4 heterocycles. The standard InChI is InChI=1S/C25H33N7O3/c1-16(2)29-22-19(23(26)33)14-28-32-15-18(12-20(22)32)17-6-7-21(27-13-17)30-8-10-31(11-9-30)24(34)35-25(3,4)5/h6-7,12-16,29H,8-11H2,1-5H3,(H2,26,33). The number of aromatic nitrogens is 3. The molecule has 0 aromatic carbocycles. The van der Waals surface area contributed by atoms with E-state index in [0.717, 1.165) is 22.5 Å². The zero-order valence-electron chi connectivity index (χ0n) is 20.9. The molecular weight excluding hydrogens is 446 g/mol. The summed E-state index contributed by atoms with van der Waals surface area (Å²) in [5, 5.41) is 7.67. The van der Waals surface area contributed by atoms with Gasteiger partial charge in [-0.15, -0.1) is 0 Å². The molecule has 0 radical (unpaired) electrons. The van der Waals surface area contributed by atoms with Crippen molar-refractivity contribution in [1.82, 2.24) is 19.5 Å². The van der Waals surface area contributed by atoms with Crippen LogP contribution in [-0.2, 0) is 4.74 Å². The quantitative estimate of drug-likeness (QED) is 0.576. The van der Waals surface area contributed by atoms with Gasteiger partial charge >= 0.3 is 6.09 Å². The number of nitrogens with zero attached hydrogens (tertiary/aromatic N) is 5. The molecule has 0 saturated carbocycles. The molecule has 0 unspecified atom stereocenters. The van der Waals surface area contributed by atoms with Gasteiger partial charge in [0.25, 0.3) is 5.91 Å². The van der Waals surface area contributed by atoms with Crippen molar-refractivity contribution in [2.45, 2.75) is 46.3 Å². The number of carbonyl (C=O) groups excluding carboxylic acids is 2. The number of fused-ring (bicyclic) bond motifs is 1. The molecule has 0 aliphatic carbocycles. The van der Waals surface area contributed by atoms with Crippen molar-refractivity contribution in [2.75, 3.05) is 36.4 Å². The number of rotatable bonds is 5. The van der Waals surface area contributed by atoms with Gasteiger partial charge in [-0.25, -0.2) is 14.3 Å². The third-order valence-corrected chi connectivity index (χ3v) is 5.67. The number of amides is 2. The Labute approximate surface area is 205 Å². The van der Waals surface area contributed by atoms with Crippen molar-refractivity contribution < 1.29 is 14.3 Å². The molecule has 1 saturated heterocycles. The van der Waals surface area contributed by atoms with Crippen LogP contribution in [-0.4, -0.2) is 69.3 Å². The molecule has 3 N–H and O–H groups in total. The Morgan fingerprint density at radius 1 is 1.09 bits per heavy atom. The van der Waals surface area contributed by atoms with Gasteiger partial charge < -0.3 is 25.6 Å². The number of piperazine rings is 1. The fourth-order valence-electron chi connectivity index (χ4n) is 4.03. The van der Waals surface area contributed by atoms with Crippen LogP contribution in [0.1, 0.15) is 45.0 Å². The summed E-state index contributed by atoms with van der Waals surface area (Å²) in [6, 6.07) is 6.09. The number of nitrogens with two attached hydrogens (primary N) is 1. The van der Waals surface area contributed by atoms with E-state index in [1.807, 2.05) is 65.2 Å². The van der Waals surface area contributed by atoms with Crippen LogP contribution in [0, 0.1) is 0 Å². The van der Waals surface area contributed by atoms with Crippen molar-refractivity contribution in [3.8, 4) is 11.1 Å². The number of nitrogens with one attached hydrogen (secondary N) is 1. The molecule has 186 valence electrons. The highest BCUT2D eigenvalue weighted by Crippen LogP contribution is 2.29. The minimum Gasteiger partial charge on any atom is -0.444 e. The van der Waals surface area contributed by atoms with Crippen LogP contribution in [0.3, 0.4) is 0 Å². The monoisotopic (exact) mass is 479 g/mol. The average Bonchev–Trinajstić information content (AvgIpc) is 3.23. The van der Waals surface area contributed by atoms with Crippen LogP contribution >= 0.6 is 0 Å². The lowest BCUT2D eigenvalue weighted by atomic mass is 10.1. The van der Waals surface area contributed by atoms with E-state index in [9.17, 15) is 9.59 Å². The van der Waals surface area contributed by atoms with Gasteiger partial charge in [-0.3, -0.25) is 4.79 Å². The number of anilines is 2. The summed E-state index contributed by atoms with van der Waals surface area (Å²) >= 11 is 0. The number of hydrogen-bond acceptors (Lipinski definition) is 7. The first-order valence-electron chi connectivity index (χ1n) is 11.8. The van der Waals surface area contributed by atoms with Crippen molar-refractivity contribution in [1.29, 1.82) is 0 Å². The topological polar surface area (TPSA) is 118 Å². The van der Waals surface area contributed by atoms with Crippen LogP contribution in [0.5, 0.6) is 0 Å². The highest BCUT2D eigenvalue weighted by atomic mass is 16.6. The van der Waals surface area contributed by atoms with Gasteiger partial charge in [0.1, 0.15) is 11.4 Å². The third-order valence-electron chi connectivity index (χ3n) is 5.67. The zero-order valence-corrected chi connectivity index (χ0v) is 20.9. The normalized spacial score (nSPS) is 14.5. The molecule has 1 aliphatic heterocycles. The van der Waals surface area contributed by atoms with Crippen LogP contribution in [0.2, 0.25) is 0 Å². The minimum atomic E-state index is -0.524. The number of pyridine rings is 1. The maximum atomic E-state index is 12.3. The summed E-state index contributed by atoms with van der Waals surface area (Å²) in [4.78, 5) is 32.8. The lowest BCUT2D eigenvalue weighted by Gasteiger charge is -2.36. The van der Waals surface area contributed by atoms with Gasteiger partial charge in [-0.2, -0.15) is 5.10 Å². The first-order valence-corrected chi connectivity index (χ1v) is 11.8. The predicted octanol–water partition coefficient (Wildman–Crippen LogP) is 3.37. The molecule has 0 atom stereocenters. The maximum Gasteiger partial charge on any atom is 0.410 e. The van der Waals surface area contributed by atoms with Crippen molar-refractivity contribution in [3.05, 3.63) is 42.4 Å². The van der Waals surface area contributed by atoms with Gasteiger partial charge in [0.05, 0.1) is 23.0 Å². The highest BCUT2D eigenvalue weighted by Gasteiger charge is 2.26. The van der Waals surface area contributed by atoms with Crippen LogP contribution < -0.4 is 16.0 Å². The predicted molar refractivity (Wildman–Crippen MR) is 136 cm³/mol. The van der Waals surface area contributed by atoms with Crippen molar-refractivity contribution in [2.24, 2.45) is 5.73 Å². The van der Waals surface area contributed by atoms with E-state index in [1.54, 1.807) is 9.42 Å². The average molecular weight is 480 g/mol. The fraction of sp³-hybridized carbons (Fsp3) is 0.440. The lowest BCUT2D eigenvalue weighted by molar-refractivity contribution is 0.0240. The minimum absolute atomic E-state index is 0.120.